The molecule has 1 atom stereocenters. The number of unbranched alkanes of at least 4 members (excludes halogenated alkanes) is 9. The summed E-state index contributed by atoms with van der Waals surface area (Å²) in [7, 11) is 0. The Labute approximate surface area is 128 Å². The van der Waals surface area contributed by atoms with E-state index in [4.69, 9.17) is 10.2 Å². The minimum absolute atomic E-state index is 0.294. The van der Waals surface area contributed by atoms with E-state index in [2.05, 4.69) is 0 Å². The molecule has 0 saturated carbocycles. The van der Waals surface area contributed by atoms with Crippen molar-refractivity contribution in [1.29, 1.82) is 0 Å². The van der Waals surface area contributed by atoms with Crippen LogP contribution in [0.1, 0.15) is 90.4 Å². The lowest BCUT2D eigenvalue weighted by molar-refractivity contribution is -0.138. The summed E-state index contributed by atoms with van der Waals surface area (Å²) in [6, 6.07) is 0. The van der Waals surface area contributed by atoms with Crippen molar-refractivity contribution >= 4 is 11.9 Å². The van der Waals surface area contributed by atoms with Crippen molar-refractivity contribution < 1.29 is 19.8 Å². The highest BCUT2D eigenvalue weighted by Gasteiger charge is 2.06. The van der Waals surface area contributed by atoms with Crippen LogP contribution in [0.5, 0.6) is 0 Å². The van der Waals surface area contributed by atoms with Crippen molar-refractivity contribution in [2.45, 2.75) is 90.4 Å². The SMILES string of the molecule is C[C@H](CCCCCCCCCCCCC(=O)O)CC(=O)O. The first-order valence-electron chi connectivity index (χ1n) is 8.46. The second-order valence-electron chi connectivity index (χ2n) is 6.17. The van der Waals surface area contributed by atoms with E-state index in [0.717, 1.165) is 32.1 Å². The molecule has 21 heavy (non-hydrogen) atoms. The number of rotatable bonds is 15. The van der Waals surface area contributed by atoms with Gasteiger partial charge in [0.1, 0.15) is 0 Å². The summed E-state index contributed by atoms with van der Waals surface area (Å²) < 4.78 is 0. The lowest BCUT2D eigenvalue weighted by Crippen LogP contribution is -2.03. The van der Waals surface area contributed by atoms with Crippen LogP contribution in [0.25, 0.3) is 0 Å². The molecule has 0 spiro atoms. The molecule has 0 aromatic heterocycles. The number of hydrogen-bond donors (Lipinski definition) is 2. The number of carboxylic acids is 2. The Morgan fingerprint density at radius 1 is 0.714 bits per heavy atom. The normalized spacial score (nSPS) is 12.2. The standard InChI is InChI=1S/C17H32O4/c1-15(14-17(20)21)12-10-8-6-4-2-3-5-7-9-11-13-16(18)19/h15H,2-14H2,1H3,(H,18,19)(H,20,21)/t15-/m1/s1. The Balaban J connectivity index is 3.12. The van der Waals surface area contributed by atoms with Crippen molar-refractivity contribution in [2.75, 3.05) is 0 Å². The summed E-state index contributed by atoms with van der Waals surface area (Å²) in [6.45, 7) is 2.01. The van der Waals surface area contributed by atoms with Gasteiger partial charge in [0.25, 0.3) is 0 Å². The van der Waals surface area contributed by atoms with Crippen LogP contribution in [-0.2, 0) is 9.59 Å². The second-order valence-corrected chi connectivity index (χ2v) is 6.17. The van der Waals surface area contributed by atoms with Crippen LogP contribution in [0.15, 0.2) is 0 Å². The molecule has 2 N–H and O–H groups in total. The van der Waals surface area contributed by atoms with E-state index in [1.807, 2.05) is 6.92 Å². The molecule has 0 aromatic rings. The average Bonchev–Trinajstić information content (AvgIpc) is 2.38. The summed E-state index contributed by atoms with van der Waals surface area (Å²) in [4.78, 5) is 20.8. The van der Waals surface area contributed by atoms with Gasteiger partial charge in [-0.3, -0.25) is 9.59 Å². The molecule has 0 aliphatic heterocycles. The molecule has 0 unspecified atom stereocenters. The molecule has 4 heteroatoms. The van der Waals surface area contributed by atoms with Gasteiger partial charge in [0.05, 0.1) is 0 Å². The van der Waals surface area contributed by atoms with Crippen molar-refractivity contribution in [3.8, 4) is 0 Å². The van der Waals surface area contributed by atoms with E-state index < -0.39 is 11.9 Å². The molecule has 0 rings (SSSR count). The van der Waals surface area contributed by atoms with Crippen LogP contribution in [-0.4, -0.2) is 22.2 Å². The van der Waals surface area contributed by atoms with Crippen molar-refractivity contribution in [3.05, 3.63) is 0 Å². The highest BCUT2D eigenvalue weighted by Crippen LogP contribution is 2.15. The number of carbonyl (C=O) groups is 2. The van der Waals surface area contributed by atoms with Crippen LogP contribution in [0, 0.1) is 5.92 Å². The Hall–Kier alpha value is -1.06. The zero-order valence-corrected chi connectivity index (χ0v) is 13.5. The Kier molecular flexibility index (Phi) is 13.2. The lowest BCUT2D eigenvalue weighted by atomic mass is 9.99. The molecule has 124 valence electrons. The topological polar surface area (TPSA) is 74.6 Å². The maximum atomic E-state index is 10.5. The number of carboxylic acid groups (broad SMARTS) is 2. The lowest BCUT2D eigenvalue weighted by Gasteiger charge is -2.07. The van der Waals surface area contributed by atoms with Crippen LogP contribution < -0.4 is 0 Å². The first-order valence-corrected chi connectivity index (χ1v) is 8.46. The minimum atomic E-state index is -0.689. The molecule has 0 bridgehead atoms. The molecule has 0 fully saturated rings. The summed E-state index contributed by atoms with van der Waals surface area (Å²) >= 11 is 0. The van der Waals surface area contributed by atoms with E-state index in [1.54, 1.807) is 0 Å². The van der Waals surface area contributed by atoms with Gasteiger partial charge in [-0.25, -0.2) is 0 Å². The first-order chi connectivity index (χ1) is 10.0. The largest absolute Gasteiger partial charge is 0.481 e. The van der Waals surface area contributed by atoms with Crippen molar-refractivity contribution in [3.63, 3.8) is 0 Å². The summed E-state index contributed by atoms with van der Waals surface area (Å²) in [5.41, 5.74) is 0. The van der Waals surface area contributed by atoms with Gasteiger partial charge in [-0.15, -0.1) is 0 Å². The molecule has 4 nitrogen and oxygen atoms in total. The molecule has 0 saturated heterocycles. The highest BCUT2D eigenvalue weighted by molar-refractivity contribution is 5.67. The summed E-state index contributed by atoms with van der Waals surface area (Å²) in [6.07, 6.45) is 13.2. The third-order valence-electron chi connectivity index (χ3n) is 3.86. The van der Waals surface area contributed by atoms with Gasteiger partial charge in [-0.1, -0.05) is 71.1 Å². The monoisotopic (exact) mass is 300 g/mol. The van der Waals surface area contributed by atoms with Crippen LogP contribution in [0.4, 0.5) is 0 Å². The molecule has 0 radical (unpaired) electrons. The van der Waals surface area contributed by atoms with Crippen LogP contribution >= 0.6 is 0 Å². The van der Waals surface area contributed by atoms with Gasteiger partial charge >= 0.3 is 11.9 Å². The van der Waals surface area contributed by atoms with Gasteiger partial charge in [-0.05, 0) is 12.3 Å². The van der Waals surface area contributed by atoms with Crippen molar-refractivity contribution in [2.24, 2.45) is 5.92 Å². The third-order valence-corrected chi connectivity index (χ3v) is 3.86. The fraction of sp³-hybridized carbons (Fsp3) is 0.882. The molecule has 0 amide bonds. The molecule has 0 aliphatic carbocycles. The third kappa shape index (κ3) is 16.9. The average molecular weight is 300 g/mol. The predicted octanol–water partition coefficient (Wildman–Crippen LogP) is 4.86. The van der Waals surface area contributed by atoms with E-state index in [9.17, 15) is 9.59 Å². The maximum absolute atomic E-state index is 10.5. The van der Waals surface area contributed by atoms with Gasteiger partial charge in [0.2, 0.25) is 0 Å². The molecule has 0 aromatic carbocycles. The Bertz CT molecular complexity index is 276. The predicted molar refractivity (Wildman–Crippen MR) is 84.5 cm³/mol. The van der Waals surface area contributed by atoms with E-state index in [1.165, 1.54) is 38.5 Å². The minimum Gasteiger partial charge on any atom is -0.481 e. The summed E-state index contributed by atoms with van der Waals surface area (Å²) in [5, 5.41) is 17.2. The van der Waals surface area contributed by atoms with E-state index in [0.29, 0.717) is 18.8 Å². The summed E-state index contributed by atoms with van der Waals surface area (Å²) in [5.74, 6) is -1.08. The Morgan fingerprint density at radius 3 is 1.57 bits per heavy atom. The van der Waals surface area contributed by atoms with E-state index in [-0.39, 0.29) is 0 Å². The molecular formula is C17H32O4. The van der Waals surface area contributed by atoms with Gasteiger partial charge in [0, 0.05) is 12.8 Å². The van der Waals surface area contributed by atoms with Crippen LogP contribution in [0.3, 0.4) is 0 Å². The molecular weight excluding hydrogens is 268 g/mol. The Morgan fingerprint density at radius 2 is 1.14 bits per heavy atom. The molecule has 0 heterocycles. The quantitative estimate of drug-likeness (QED) is 0.423. The smallest absolute Gasteiger partial charge is 0.303 e. The van der Waals surface area contributed by atoms with E-state index >= 15 is 0 Å². The maximum Gasteiger partial charge on any atom is 0.303 e. The van der Waals surface area contributed by atoms with Gasteiger partial charge < -0.3 is 10.2 Å². The zero-order chi connectivity index (χ0) is 15.9. The fourth-order valence-corrected chi connectivity index (χ4v) is 2.58. The second kappa shape index (κ2) is 13.9. The highest BCUT2D eigenvalue weighted by atomic mass is 16.4. The first kappa shape index (κ1) is 19.9. The molecule has 0 aliphatic rings. The number of hydrogen-bond acceptors (Lipinski definition) is 2. The number of aliphatic carboxylic acids is 2. The van der Waals surface area contributed by atoms with Crippen molar-refractivity contribution in [1.82, 2.24) is 0 Å². The van der Waals surface area contributed by atoms with Gasteiger partial charge in [-0.2, -0.15) is 0 Å². The van der Waals surface area contributed by atoms with Crippen LogP contribution in [0.2, 0.25) is 0 Å². The zero-order valence-electron chi connectivity index (χ0n) is 13.5. The fourth-order valence-electron chi connectivity index (χ4n) is 2.58. The van der Waals surface area contributed by atoms with Gasteiger partial charge in [0.15, 0.2) is 0 Å².